The van der Waals surface area contributed by atoms with Gasteiger partial charge in [0.2, 0.25) is 0 Å². The van der Waals surface area contributed by atoms with Crippen LogP contribution in [-0.2, 0) is 0 Å². The highest BCUT2D eigenvalue weighted by Crippen LogP contribution is 2.29. The molecule has 0 amide bonds. The first-order valence-electron chi connectivity index (χ1n) is 5.55. The van der Waals surface area contributed by atoms with Crippen molar-refractivity contribution < 1.29 is 0 Å². The van der Waals surface area contributed by atoms with Gasteiger partial charge in [-0.3, -0.25) is 0 Å². The Labute approximate surface area is 122 Å². The number of rotatable bonds is 1. The zero-order valence-electron chi connectivity index (χ0n) is 9.40. The largest absolute Gasteiger partial charge is 0.248 e. The van der Waals surface area contributed by atoms with Crippen LogP contribution < -0.4 is 0 Å². The summed E-state index contributed by atoms with van der Waals surface area (Å²) in [5, 5.41) is 1.12. The molecule has 3 heteroatoms. The molecule has 3 rings (SSSR count). The molecule has 0 fully saturated rings. The molecule has 0 aliphatic rings. The van der Waals surface area contributed by atoms with Crippen LogP contribution in [0.25, 0.3) is 22.2 Å². The average Bonchev–Trinajstić information content (AvgIpc) is 2.39. The molecular formula is C15H9Br2N. The highest BCUT2D eigenvalue weighted by molar-refractivity contribution is 9.11. The number of fused-ring (bicyclic) bond motifs is 1. The van der Waals surface area contributed by atoms with E-state index in [9.17, 15) is 0 Å². The smallest absolute Gasteiger partial charge is 0.0732 e. The average molecular weight is 363 g/mol. The molecule has 0 N–H and O–H groups in total. The van der Waals surface area contributed by atoms with Gasteiger partial charge in [0.15, 0.2) is 0 Å². The number of halogens is 2. The number of nitrogens with zero attached hydrogens (tertiary/aromatic N) is 1. The molecule has 0 unspecified atom stereocenters. The normalized spacial score (nSPS) is 10.8. The third-order valence-electron chi connectivity index (χ3n) is 2.79. The van der Waals surface area contributed by atoms with E-state index in [2.05, 4.69) is 56.1 Å². The van der Waals surface area contributed by atoms with E-state index in [-0.39, 0.29) is 0 Å². The van der Waals surface area contributed by atoms with Crippen LogP contribution in [0.3, 0.4) is 0 Å². The van der Waals surface area contributed by atoms with Gasteiger partial charge in [0.25, 0.3) is 0 Å². The van der Waals surface area contributed by atoms with Crippen LogP contribution in [0, 0.1) is 0 Å². The van der Waals surface area contributed by atoms with E-state index >= 15 is 0 Å². The Hall–Kier alpha value is -1.19. The Morgan fingerprint density at radius 1 is 0.833 bits per heavy atom. The summed E-state index contributed by atoms with van der Waals surface area (Å²) in [5.74, 6) is 0. The van der Waals surface area contributed by atoms with Crippen LogP contribution in [0.1, 0.15) is 0 Å². The number of benzene rings is 2. The van der Waals surface area contributed by atoms with Crippen LogP contribution in [0.15, 0.2) is 63.5 Å². The standard InChI is InChI=1S/C15H9Br2N/c16-11-6-7-12-13(17)9-14(18-15(12)8-11)10-4-2-1-3-5-10/h1-9H. The molecule has 3 aromatic rings. The molecule has 0 radical (unpaired) electrons. The maximum Gasteiger partial charge on any atom is 0.0732 e. The van der Waals surface area contributed by atoms with Gasteiger partial charge in [-0.15, -0.1) is 0 Å². The lowest BCUT2D eigenvalue weighted by Crippen LogP contribution is -1.86. The van der Waals surface area contributed by atoms with Gasteiger partial charge in [-0.1, -0.05) is 68.3 Å². The SMILES string of the molecule is Brc1ccc2c(Br)cc(-c3ccccc3)nc2c1. The molecular weight excluding hydrogens is 354 g/mol. The first-order chi connectivity index (χ1) is 8.74. The summed E-state index contributed by atoms with van der Waals surface area (Å²) in [6.45, 7) is 0. The molecule has 18 heavy (non-hydrogen) atoms. The summed E-state index contributed by atoms with van der Waals surface area (Å²) in [6, 6.07) is 18.4. The fourth-order valence-corrected chi connectivity index (χ4v) is 2.82. The monoisotopic (exact) mass is 361 g/mol. The zero-order chi connectivity index (χ0) is 12.5. The Morgan fingerprint density at radius 3 is 2.39 bits per heavy atom. The van der Waals surface area contributed by atoms with Crippen LogP contribution in [0.4, 0.5) is 0 Å². The first-order valence-corrected chi connectivity index (χ1v) is 7.14. The predicted molar refractivity (Wildman–Crippen MR) is 82.6 cm³/mol. The number of hydrogen-bond acceptors (Lipinski definition) is 1. The Morgan fingerprint density at radius 2 is 1.61 bits per heavy atom. The second kappa shape index (κ2) is 4.82. The maximum atomic E-state index is 4.71. The fourth-order valence-electron chi connectivity index (χ4n) is 1.92. The second-order valence-corrected chi connectivity index (χ2v) is 5.79. The molecule has 2 aromatic carbocycles. The third-order valence-corrected chi connectivity index (χ3v) is 3.94. The summed E-state index contributed by atoms with van der Waals surface area (Å²) in [7, 11) is 0. The van der Waals surface area contributed by atoms with Gasteiger partial charge in [0, 0.05) is 19.9 Å². The maximum absolute atomic E-state index is 4.71. The molecule has 88 valence electrons. The summed E-state index contributed by atoms with van der Waals surface area (Å²) >= 11 is 7.10. The molecule has 0 aliphatic carbocycles. The highest BCUT2D eigenvalue weighted by Gasteiger charge is 2.05. The summed E-state index contributed by atoms with van der Waals surface area (Å²) in [5.41, 5.74) is 3.09. The van der Waals surface area contributed by atoms with E-state index in [1.807, 2.05) is 30.3 Å². The van der Waals surface area contributed by atoms with Crippen molar-refractivity contribution in [3.8, 4) is 11.3 Å². The number of aromatic nitrogens is 1. The zero-order valence-corrected chi connectivity index (χ0v) is 12.6. The number of hydrogen-bond donors (Lipinski definition) is 0. The van der Waals surface area contributed by atoms with Crippen LogP contribution >= 0.6 is 31.9 Å². The summed E-state index contributed by atoms with van der Waals surface area (Å²) in [6.07, 6.45) is 0. The van der Waals surface area contributed by atoms with Gasteiger partial charge < -0.3 is 0 Å². The Kier molecular flexibility index (Phi) is 3.18. The van der Waals surface area contributed by atoms with Crippen LogP contribution in [-0.4, -0.2) is 4.98 Å². The molecule has 0 atom stereocenters. The molecule has 0 bridgehead atoms. The van der Waals surface area contributed by atoms with E-state index in [1.54, 1.807) is 0 Å². The quantitative estimate of drug-likeness (QED) is 0.562. The molecule has 0 aliphatic heterocycles. The van der Waals surface area contributed by atoms with Crippen molar-refractivity contribution in [3.63, 3.8) is 0 Å². The lowest BCUT2D eigenvalue weighted by molar-refractivity contribution is 1.39. The Bertz CT molecular complexity index is 708. The van der Waals surface area contributed by atoms with Gasteiger partial charge >= 0.3 is 0 Å². The van der Waals surface area contributed by atoms with E-state index in [1.165, 1.54) is 0 Å². The first kappa shape index (κ1) is 11.9. The third kappa shape index (κ3) is 2.20. The predicted octanol–water partition coefficient (Wildman–Crippen LogP) is 5.43. The minimum absolute atomic E-state index is 0.980. The molecule has 0 saturated heterocycles. The van der Waals surface area contributed by atoms with Gasteiger partial charge in [-0.05, 0) is 18.2 Å². The topological polar surface area (TPSA) is 12.9 Å². The van der Waals surface area contributed by atoms with E-state index in [0.717, 1.165) is 31.1 Å². The van der Waals surface area contributed by atoms with Gasteiger partial charge in [-0.25, -0.2) is 4.98 Å². The fraction of sp³-hybridized carbons (Fsp3) is 0. The van der Waals surface area contributed by atoms with Gasteiger partial charge in [0.1, 0.15) is 0 Å². The number of pyridine rings is 1. The minimum Gasteiger partial charge on any atom is -0.248 e. The van der Waals surface area contributed by atoms with Crippen molar-refractivity contribution in [3.05, 3.63) is 63.5 Å². The minimum atomic E-state index is 0.980. The van der Waals surface area contributed by atoms with Gasteiger partial charge in [-0.2, -0.15) is 0 Å². The molecule has 1 heterocycles. The molecule has 1 aromatic heterocycles. The van der Waals surface area contributed by atoms with Gasteiger partial charge in [0.05, 0.1) is 11.2 Å². The molecule has 0 spiro atoms. The second-order valence-electron chi connectivity index (χ2n) is 4.02. The van der Waals surface area contributed by atoms with Crippen molar-refractivity contribution in [1.29, 1.82) is 0 Å². The van der Waals surface area contributed by atoms with Crippen molar-refractivity contribution in [2.45, 2.75) is 0 Å². The van der Waals surface area contributed by atoms with Crippen molar-refractivity contribution in [1.82, 2.24) is 4.98 Å². The lowest BCUT2D eigenvalue weighted by atomic mass is 10.1. The van der Waals surface area contributed by atoms with Crippen molar-refractivity contribution in [2.75, 3.05) is 0 Å². The van der Waals surface area contributed by atoms with E-state index in [4.69, 9.17) is 4.98 Å². The van der Waals surface area contributed by atoms with E-state index < -0.39 is 0 Å². The van der Waals surface area contributed by atoms with Crippen molar-refractivity contribution >= 4 is 42.8 Å². The van der Waals surface area contributed by atoms with E-state index in [0.29, 0.717) is 0 Å². The summed E-state index contributed by atoms with van der Waals surface area (Å²) < 4.78 is 2.11. The highest BCUT2D eigenvalue weighted by atomic mass is 79.9. The van der Waals surface area contributed by atoms with Crippen LogP contribution in [0.2, 0.25) is 0 Å². The molecule has 0 saturated carbocycles. The van der Waals surface area contributed by atoms with Crippen LogP contribution in [0.5, 0.6) is 0 Å². The summed E-state index contributed by atoms with van der Waals surface area (Å²) in [4.78, 5) is 4.71. The Balaban J connectivity index is 2.27. The lowest BCUT2D eigenvalue weighted by Gasteiger charge is -2.06. The molecule has 1 nitrogen and oxygen atoms in total. The van der Waals surface area contributed by atoms with Crippen molar-refractivity contribution in [2.24, 2.45) is 0 Å².